The zero-order valence-corrected chi connectivity index (χ0v) is 19.3. The van der Waals surface area contributed by atoms with Gasteiger partial charge in [-0.1, -0.05) is 44.2 Å². The number of aromatic amines is 1. The first-order chi connectivity index (χ1) is 16.0. The standard InChI is InChI=1S/C23H30F3N5O3/c1-15(2)11-30(18(32)14-29-10-6-9-17(13-29)23(24,25)26)19-20(27)31(22(34)28-21(19)33)12-16-7-4-3-5-8-16/h3-5,7-8,15,17H,6,9-14,27H2,1-2H3,(H,28,33,34). The number of amides is 1. The Balaban J connectivity index is 1.93. The number of rotatable bonds is 7. The predicted molar refractivity (Wildman–Crippen MR) is 124 cm³/mol. The van der Waals surface area contributed by atoms with Crippen molar-refractivity contribution in [1.82, 2.24) is 14.5 Å². The van der Waals surface area contributed by atoms with Crippen molar-refractivity contribution in [3.63, 3.8) is 0 Å². The van der Waals surface area contributed by atoms with Gasteiger partial charge >= 0.3 is 11.9 Å². The van der Waals surface area contributed by atoms with Gasteiger partial charge in [-0.3, -0.25) is 24.0 Å². The molecule has 0 radical (unpaired) electrons. The van der Waals surface area contributed by atoms with Gasteiger partial charge in [0.05, 0.1) is 19.0 Å². The van der Waals surface area contributed by atoms with Crippen molar-refractivity contribution >= 4 is 17.4 Å². The molecule has 2 aromatic rings. The topological polar surface area (TPSA) is 104 Å². The number of hydrogen-bond donors (Lipinski definition) is 2. The molecule has 2 heterocycles. The first kappa shape index (κ1) is 25.5. The number of halogens is 3. The summed E-state index contributed by atoms with van der Waals surface area (Å²) < 4.78 is 40.8. The molecule has 3 rings (SSSR count). The average molecular weight is 482 g/mol. The van der Waals surface area contributed by atoms with Gasteiger partial charge in [0.25, 0.3) is 5.56 Å². The molecule has 1 atom stereocenters. The van der Waals surface area contributed by atoms with Gasteiger partial charge in [0.2, 0.25) is 5.91 Å². The molecule has 0 aliphatic carbocycles. The van der Waals surface area contributed by atoms with Crippen LogP contribution in [0.3, 0.4) is 0 Å². The van der Waals surface area contributed by atoms with E-state index in [0.717, 1.165) is 5.56 Å². The van der Waals surface area contributed by atoms with Crippen LogP contribution in [-0.2, 0) is 11.3 Å². The van der Waals surface area contributed by atoms with Gasteiger partial charge in [-0.2, -0.15) is 13.2 Å². The number of benzene rings is 1. The molecule has 0 spiro atoms. The molecule has 11 heteroatoms. The van der Waals surface area contributed by atoms with Crippen molar-refractivity contribution < 1.29 is 18.0 Å². The number of aromatic nitrogens is 2. The maximum atomic E-state index is 13.3. The van der Waals surface area contributed by atoms with Gasteiger partial charge in [-0.05, 0) is 30.9 Å². The van der Waals surface area contributed by atoms with Crippen LogP contribution >= 0.6 is 0 Å². The highest BCUT2D eigenvalue weighted by atomic mass is 19.4. The molecule has 0 bridgehead atoms. The number of carbonyl (C=O) groups is 1. The van der Waals surface area contributed by atoms with E-state index in [0.29, 0.717) is 13.0 Å². The molecule has 1 fully saturated rings. The molecule has 1 unspecified atom stereocenters. The molecule has 1 aromatic carbocycles. The first-order valence-electron chi connectivity index (χ1n) is 11.2. The van der Waals surface area contributed by atoms with Gasteiger partial charge in [0, 0.05) is 13.1 Å². The molecule has 186 valence electrons. The third-order valence-electron chi connectivity index (χ3n) is 5.84. The molecule has 3 N–H and O–H groups in total. The Morgan fingerprint density at radius 2 is 1.91 bits per heavy atom. The normalized spacial score (nSPS) is 17.2. The number of nitrogens with one attached hydrogen (secondary N) is 1. The zero-order chi connectivity index (χ0) is 25.0. The fourth-order valence-corrected chi connectivity index (χ4v) is 4.19. The van der Waals surface area contributed by atoms with Crippen LogP contribution in [-0.4, -0.2) is 52.7 Å². The Kier molecular flexibility index (Phi) is 7.86. The van der Waals surface area contributed by atoms with Gasteiger partial charge in [-0.15, -0.1) is 0 Å². The van der Waals surface area contributed by atoms with E-state index < -0.39 is 29.3 Å². The second kappa shape index (κ2) is 10.5. The maximum absolute atomic E-state index is 13.3. The number of H-pyrrole nitrogens is 1. The van der Waals surface area contributed by atoms with E-state index in [4.69, 9.17) is 5.73 Å². The van der Waals surface area contributed by atoms with Gasteiger partial charge in [0.15, 0.2) is 5.69 Å². The molecule has 34 heavy (non-hydrogen) atoms. The molecular formula is C23H30F3N5O3. The van der Waals surface area contributed by atoms with Crippen molar-refractivity contribution in [3.8, 4) is 0 Å². The highest BCUT2D eigenvalue weighted by Crippen LogP contribution is 2.33. The maximum Gasteiger partial charge on any atom is 0.393 e. The minimum absolute atomic E-state index is 0.0287. The van der Waals surface area contributed by atoms with Crippen LogP contribution in [0.4, 0.5) is 24.7 Å². The summed E-state index contributed by atoms with van der Waals surface area (Å²) in [5, 5.41) is 0. The minimum atomic E-state index is -4.33. The van der Waals surface area contributed by atoms with Crippen molar-refractivity contribution in [3.05, 3.63) is 56.7 Å². The number of likely N-dealkylation sites (tertiary alicyclic amines) is 1. The van der Waals surface area contributed by atoms with Crippen molar-refractivity contribution in [1.29, 1.82) is 0 Å². The summed E-state index contributed by atoms with van der Waals surface area (Å²) in [7, 11) is 0. The molecular weight excluding hydrogens is 451 g/mol. The molecule has 1 aromatic heterocycles. The Labute approximate surface area is 195 Å². The van der Waals surface area contributed by atoms with Crippen molar-refractivity contribution in [2.75, 3.05) is 36.8 Å². The fraction of sp³-hybridized carbons (Fsp3) is 0.522. The summed E-state index contributed by atoms with van der Waals surface area (Å²) in [6, 6.07) is 9.00. The molecule has 1 aliphatic heterocycles. The number of carbonyl (C=O) groups excluding carboxylic acids is 1. The average Bonchev–Trinajstić information content (AvgIpc) is 2.76. The number of piperidine rings is 1. The van der Waals surface area contributed by atoms with Crippen LogP contribution in [0.15, 0.2) is 39.9 Å². The molecule has 0 saturated carbocycles. The first-order valence-corrected chi connectivity index (χ1v) is 11.2. The summed E-state index contributed by atoms with van der Waals surface area (Å²) in [4.78, 5) is 43.4. The Morgan fingerprint density at radius 1 is 1.24 bits per heavy atom. The lowest BCUT2D eigenvalue weighted by Gasteiger charge is -2.35. The molecule has 1 amide bonds. The van der Waals surface area contributed by atoms with E-state index in [2.05, 4.69) is 4.98 Å². The summed E-state index contributed by atoms with van der Waals surface area (Å²) in [5.41, 5.74) is 5.32. The number of anilines is 2. The number of hydrogen-bond acceptors (Lipinski definition) is 5. The monoisotopic (exact) mass is 481 g/mol. The smallest absolute Gasteiger partial charge is 0.383 e. The SMILES string of the molecule is CC(C)CN(C(=O)CN1CCCC(C(F)(F)F)C1)c1c(N)n(Cc2ccccc2)c(=O)[nH]c1=O. The predicted octanol–water partition coefficient (Wildman–Crippen LogP) is 2.43. The highest BCUT2D eigenvalue weighted by molar-refractivity contribution is 5.96. The second-order valence-electron chi connectivity index (χ2n) is 9.08. The molecule has 8 nitrogen and oxygen atoms in total. The third-order valence-corrected chi connectivity index (χ3v) is 5.84. The largest absolute Gasteiger partial charge is 0.393 e. The quantitative estimate of drug-likeness (QED) is 0.632. The van der Waals surface area contributed by atoms with Crippen molar-refractivity contribution in [2.24, 2.45) is 11.8 Å². The lowest BCUT2D eigenvalue weighted by Crippen LogP contribution is -2.49. The van der Waals surface area contributed by atoms with Crippen LogP contribution in [0.2, 0.25) is 0 Å². The van der Waals surface area contributed by atoms with E-state index in [-0.39, 0.29) is 50.0 Å². The highest BCUT2D eigenvalue weighted by Gasteiger charge is 2.42. The van der Waals surface area contributed by atoms with Crippen LogP contribution in [0.5, 0.6) is 0 Å². The van der Waals surface area contributed by atoms with E-state index in [9.17, 15) is 27.6 Å². The Morgan fingerprint density at radius 3 is 2.53 bits per heavy atom. The zero-order valence-electron chi connectivity index (χ0n) is 19.3. The summed E-state index contributed by atoms with van der Waals surface area (Å²) in [5.74, 6) is -2.27. The molecule has 1 saturated heterocycles. The Bertz CT molecular complexity index is 1110. The summed E-state index contributed by atoms with van der Waals surface area (Å²) in [6.45, 7) is 3.67. The van der Waals surface area contributed by atoms with Gasteiger partial charge in [-0.25, -0.2) is 4.79 Å². The van der Waals surface area contributed by atoms with Crippen molar-refractivity contribution in [2.45, 2.75) is 39.4 Å². The number of nitrogens with zero attached hydrogens (tertiary/aromatic N) is 3. The van der Waals surface area contributed by atoms with Gasteiger partial charge in [0.1, 0.15) is 5.82 Å². The number of nitrogens with two attached hydrogens (primary N) is 1. The fourth-order valence-electron chi connectivity index (χ4n) is 4.19. The number of nitrogen functional groups attached to an aromatic ring is 1. The second-order valence-corrected chi connectivity index (χ2v) is 9.08. The van der Waals surface area contributed by atoms with E-state index in [1.165, 1.54) is 14.4 Å². The molecule has 1 aliphatic rings. The van der Waals surface area contributed by atoms with Crippen LogP contribution in [0.1, 0.15) is 32.3 Å². The number of alkyl halides is 3. The summed E-state index contributed by atoms with van der Waals surface area (Å²) >= 11 is 0. The van der Waals surface area contributed by atoms with Crippen LogP contribution in [0, 0.1) is 11.8 Å². The van der Waals surface area contributed by atoms with E-state index in [1.807, 2.05) is 19.9 Å². The Hall–Kier alpha value is -3.08. The lowest BCUT2D eigenvalue weighted by molar-refractivity contribution is -0.187. The van der Waals surface area contributed by atoms with E-state index >= 15 is 0 Å². The minimum Gasteiger partial charge on any atom is -0.383 e. The van der Waals surface area contributed by atoms with E-state index in [1.54, 1.807) is 24.3 Å². The van der Waals surface area contributed by atoms with Crippen LogP contribution < -0.4 is 21.9 Å². The van der Waals surface area contributed by atoms with Crippen LogP contribution in [0.25, 0.3) is 0 Å². The lowest BCUT2D eigenvalue weighted by atomic mass is 9.97. The third kappa shape index (κ3) is 6.07. The summed E-state index contributed by atoms with van der Waals surface area (Å²) in [6.07, 6.45) is -3.97. The van der Waals surface area contributed by atoms with Gasteiger partial charge < -0.3 is 10.6 Å².